The molecule has 2 aliphatic rings. The maximum Gasteiger partial charge on any atom is 0.0260 e. The second kappa shape index (κ2) is 3.00. The Hall–Kier alpha value is -0.0800. The molecular formula is C10H20N2. The Morgan fingerprint density at radius 2 is 2.08 bits per heavy atom. The van der Waals surface area contributed by atoms with Gasteiger partial charge in [-0.3, -0.25) is 4.90 Å². The predicted octanol–water partition coefficient (Wildman–Crippen LogP) is 1.08. The van der Waals surface area contributed by atoms with Crippen LogP contribution in [0.15, 0.2) is 0 Å². The summed E-state index contributed by atoms with van der Waals surface area (Å²) < 4.78 is 0. The van der Waals surface area contributed by atoms with E-state index in [0.29, 0.717) is 0 Å². The number of nitrogens with zero attached hydrogens (tertiary/aromatic N) is 1. The van der Waals surface area contributed by atoms with Gasteiger partial charge >= 0.3 is 0 Å². The average molecular weight is 168 g/mol. The lowest BCUT2D eigenvalue weighted by atomic mass is 10.1. The van der Waals surface area contributed by atoms with Gasteiger partial charge in [-0.05, 0) is 39.7 Å². The van der Waals surface area contributed by atoms with Crippen molar-refractivity contribution in [3.8, 4) is 0 Å². The van der Waals surface area contributed by atoms with Gasteiger partial charge in [0.1, 0.15) is 0 Å². The molecule has 0 radical (unpaired) electrons. The third-order valence-electron chi connectivity index (χ3n) is 3.62. The van der Waals surface area contributed by atoms with Crippen LogP contribution in [0.2, 0.25) is 0 Å². The van der Waals surface area contributed by atoms with E-state index >= 15 is 0 Å². The smallest absolute Gasteiger partial charge is 0.0260 e. The summed E-state index contributed by atoms with van der Waals surface area (Å²) in [7, 11) is 2.11. The number of fused-ring (bicyclic) bond motifs is 2. The molecule has 0 aromatic rings. The highest BCUT2D eigenvalue weighted by atomic mass is 15.3. The van der Waals surface area contributed by atoms with E-state index in [1.807, 2.05) is 0 Å². The summed E-state index contributed by atoms with van der Waals surface area (Å²) in [6.45, 7) is 5.95. The van der Waals surface area contributed by atoms with Crippen molar-refractivity contribution < 1.29 is 0 Å². The van der Waals surface area contributed by atoms with Gasteiger partial charge in [0.15, 0.2) is 0 Å². The average Bonchev–Trinajstić information content (AvgIpc) is 2.59. The molecule has 2 fully saturated rings. The summed E-state index contributed by atoms with van der Waals surface area (Å²) in [5.41, 5.74) is 0. The monoisotopic (exact) mass is 168 g/mol. The van der Waals surface area contributed by atoms with Gasteiger partial charge in [-0.15, -0.1) is 0 Å². The van der Waals surface area contributed by atoms with Crippen LogP contribution >= 0.6 is 0 Å². The first-order valence-electron chi connectivity index (χ1n) is 5.17. The topological polar surface area (TPSA) is 15.3 Å². The second-order valence-electron chi connectivity index (χ2n) is 4.51. The van der Waals surface area contributed by atoms with Crippen LogP contribution in [0.4, 0.5) is 0 Å². The number of rotatable bonds is 2. The zero-order chi connectivity index (χ0) is 8.72. The van der Waals surface area contributed by atoms with Crippen LogP contribution in [0.1, 0.15) is 26.7 Å². The molecule has 1 aliphatic heterocycles. The molecule has 2 bridgehead atoms. The minimum atomic E-state index is 0.733. The van der Waals surface area contributed by atoms with Gasteiger partial charge in [0.05, 0.1) is 0 Å². The molecule has 1 saturated carbocycles. The van der Waals surface area contributed by atoms with Crippen LogP contribution < -0.4 is 5.32 Å². The first-order valence-corrected chi connectivity index (χ1v) is 5.17. The fourth-order valence-electron chi connectivity index (χ4n) is 3.06. The summed E-state index contributed by atoms with van der Waals surface area (Å²) in [6.07, 6.45) is 2.85. The zero-order valence-corrected chi connectivity index (χ0v) is 8.38. The molecule has 0 spiro atoms. The first-order chi connectivity index (χ1) is 5.74. The van der Waals surface area contributed by atoms with Crippen molar-refractivity contribution in [1.82, 2.24) is 10.2 Å². The number of piperidine rings is 1. The standard InChI is InChI=1S/C10H20N2/c1-7(2)12-6-8-4-5-9(12)10(8)11-3/h7-11H,4-6H2,1-3H3. The summed E-state index contributed by atoms with van der Waals surface area (Å²) >= 11 is 0. The van der Waals surface area contributed by atoms with E-state index in [1.165, 1.54) is 19.4 Å². The largest absolute Gasteiger partial charge is 0.315 e. The molecule has 1 heterocycles. The summed E-state index contributed by atoms with van der Waals surface area (Å²) in [6, 6.07) is 2.35. The number of nitrogens with one attached hydrogen (secondary N) is 1. The lowest BCUT2D eigenvalue weighted by Crippen LogP contribution is -2.42. The van der Waals surface area contributed by atoms with E-state index in [0.717, 1.165) is 24.0 Å². The lowest BCUT2D eigenvalue weighted by Gasteiger charge is -2.30. The highest BCUT2D eigenvalue weighted by Gasteiger charge is 2.46. The maximum atomic E-state index is 3.47. The van der Waals surface area contributed by atoms with Gasteiger partial charge in [0.2, 0.25) is 0 Å². The first kappa shape index (κ1) is 8.52. The number of likely N-dealkylation sites (tertiary alicyclic amines) is 1. The molecule has 2 heteroatoms. The van der Waals surface area contributed by atoms with E-state index in [2.05, 4.69) is 31.1 Å². The summed E-state index contributed by atoms with van der Waals surface area (Å²) in [5, 5.41) is 3.47. The van der Waals surface area contributed by atoms with Gasteiger partial charge in [0, 0.05) is 24.7 Å². The highest BCUT2D eigenvalue weighted by molar-refractivity contribution is 5.03. The molecule has 0 aromatic heterocycles. The van der Waals surface area contributed by atoms with Crippen molar-refractivity contribution in [2.45, 2.75) is 44.8 Å². The highest BCUT2D eigenvalue weighted by Crippen LogP contribution is 2.38. The Morgan fingerprint density at radius 1 is 1.33 bits per heavy atom. The van der Waals surface area contributed by atoms with Crippen molar-refractivity contribution in [1.29, 1.82) is 0 Å². The quantitative estimate of drug-likeness (QED) is 0.663. The SMILES string of the molecule is CNC1C2CCC1N(C(C)C)C2. The number of hydrogen-bond donors (Lipinski definition) is 1. The third-order valence-corrected chi connectivity index (χ3v) is 3.62. The van der Waals surface area contributed by atoms with Gasteiger partial charge in [-0.1, -0.05) is 0 Å². The zero-order valence-electron chi connectivity index (χ0n) is 8.38. The minimum absolute atomic E-state index is 0.733. The molecule has 1 saturated heterocycles. The Labute approximate surface area is 75.3 Å². The molecule has 3 unspecified atom stereocenters. The molecule has 12 heavy (non-hydrogen) atoms. The molecule has 2 rings (SSSR count). The van der Waals surface area contributed by atoms with Crippen LogP contribution in [0.25, 0.3) is 0 Å². The third kappa shape index (κ3) is 1.09. The Morgan fingerprint density at radius 3 is 2.50 bits per heavy atom. The van der Waals surface area contributed by atoms with Crippen LogP contribution in [-0.4, -0.2) is 36.6 Å². The second-order valence-corrected chi connectivity index (χ2v) is 4.51. The van der Waals surface area contributed by atoms with E-state index in [-0.39, 0.29) is 0 Å². The molecule has 1 aliphatic carbocycles. The number of likely N-dealkylation sites (N-methyl/N-ethyl adjacent to an activating group) is 1. The van der Waals surface area contributed by atoms with Gasteiger partial charge in [-0.2, -0.15) is 0 Å². The molecule has 2 nitrogen and oxygen atoms in total. The maximum absolute atomic E-state index is 3.47. The van der Waals surface area contributed by atoms with E-state index in [4.69, 9.17) is 0 Å². The molecule has 1 N–H and O–H groups in total. The van der Waals surface area contributed by atoms with Gasteiger partial charge < -0.3 is 5.32 Å². The van der Waals surface area contributed by atoms with Gasteiger partial charge in [-0.25, -0.2) is 0 Å². The Balaban J connectivity index is 2.07. The molecule has 0 aromatic carbocycles. The minimum Gasteiger partial charge on any atom is -0.315 e. The van der Waals surface area contributed by atoms with Crippen LogP contribution in [0.3, 0.4) is 0 Å². The molecular weight excluding hydrogens is 148 g/mol. The van der Waals surface area contributed by atoms with Crippen LogP contribution in [-0.2, 0) is 0 Å². The molecule has 0 amide bonds. The van der Waals surface area contributed by atoms with Gasteiger partial charge in [0.25, 0.3) is 0 Å². The normalized spacial score (nSPS) is 41.5. The van der Waals surface area contributed by atoms with Crippen LogP contribution in [0, 0.1) is 5.92 Å². The fraction of sp³-hybridized carbons (Fsp3) is 1.00. The number of hydrogen-bond acceptors (Lipinski definition) is 2. The van der Waals surface area contributed by atoms with E-state index < -0.39 is 0 Å². The van der Waals surface area contributed by atoms with E-state index in [9.17, 15) is 0 Å². The van der Waals surface area contributed by atoms with Crippen molar-refractivity contribution >= 4 is 0 Å². The molecule has 3 atom stereocenters. The van der Waals surface area contributed by atoms with Crippen LogP contribution in [0.5, 0.6) is 0 Å². The molecule has 70 valence electrons. The Bertz CT molecular complexity index is 167. The van der Waals surface area contributed by atoms with Crippen molar-refractivity contribution in [3.63, 3.8) is 0 Å². The summed E-state index contributed by atoms with van der Waals surface area (Å²) in [4.78, 5) is 2.66. The van der Waals surface area contributed by atoms with E-state index in [1.54, 1.807) is 0 Å². The lowest BCUT2D eigenvalue weighted by molar-refractivity contribution is 0.166. The van der Waals surface area contributed by atoms with Crippen molar-refractivity contribution in [2.24, 2.45) is 5.92 Å². The fourth-order valence-corrected chi connectivity index (χ4v) is 3.06. The predicted molar refractivity (Wildman–Crippen MR) is 51.2 cm³/mol. The van der Waals surface area contributed by atoms with Crippen molar-refractivity contribution in [3.05, 3.63) is 0 Å². The van der Waals surface area contributed by atoms with Crippen molar-refractivity contribution in [2.75, 3.05) is 13.6 Å². The summed E-state index contributed by atoms with van der Waals surface area (Å²) in [5.74, 6) is 0.933. The Kier molecular flexibility index (Phi) is 2.13.